The fraction of sp³-hybridized carbons (Fsp3) is 0.846. The van der Waals surface area contributed by atoms with Gasteiger partial charge < -0.3 is 4.42 Å². The van der Waals surface area contributed by atoms with Gasteiger partial charge in [-0.3, -0.25) is 4.90 Å². The predicted octanol–water partition coefficient (Wildman–Crippen LogP) is 1.80. The van der Waals surface area contributed by atoms with Crippen molar-refractivity contribution in [2.75, 3.05) is 24.6 Å². The molecule has 0 aliphatic carbocycles. The lowest BCUT2D eigenvalue weighted by Gasteiger charge is -2.29. The van der Waals surface area contributed by atoms with Gasteiger partial charge in [0, 0.05) is 13.1 Å². The van der Waals surface area contributed by atoms with Gasteiger partial charge >= 0.3 is 0 Å². The summed E-state index contributed by atoms with van der Waals surface area (Å²) in [5.74, 6) is 1.47. The summed E-state index contributed by atoms with van der Waals surface area (Å²) >= 11 is 5.21. The van der Waals surface area contributed by atoms with Crippen molar-refractivity contribution in [2.24, 2.45) is 5.92 Å². The molecule has 0 N–H and O–H groups in total. The highest BCUT2D eigenvalue weighted by Gasteiger charge is 2.32. The molecule has 3 rings (SSSR count). The maximum atomic E-state index is 11.5. The summed E-state index contributed by atoms with van der Waals surface area (Å²) in [7, 11) is -2.93. The molecule has 2 saturated heterocycles. The summed E-state index contributed by atoms with van der Waals surface area (Å²) < 4.78 is 30.3. The molecule has 1 aromatic heterocycles. The summed E-state index contributed by atoms with van der Waals surface area (Å²) in [6.07, 6.45) is 2.97. The highest BCUT2D eigenvalue weighted by atomic mass is 32.2. The van der Waals surface area contributed by atoms with Crippen molar-refractivity contribution in [2.45, 2.75) is 38.8 Å². The lowest BCUT2D eigenvalue weighted by molar-refractivity contribution is 0.144. The fourth-order valence-electron chi connectivity index (χ4n) is 2.96. The first kappa shape index (κ1) is 15.2. The third kappa shape index (κ3) is 3.54. The van der Waals surface area contributed by atoms with Crippen molar-refractivity contribution >= 4 is 22.1 Å². The predicted molar refractivity (Wildman–Crippen MR) is 81.3 cm³/mol. The van der Waals surface area contributed by atoms with Crippen LogP contribution in [-0.4, -0.2) is 47.7 Å². The molecule has 21 heavy (non-hydrogen) atoms. The van der Waals surface area contributed by atoms with E-state index < -0.39 is 9.84 Å². The monoisotopic (exact) mass is 331 g/mol. The second-order valence-electron chi connectivity index (χ2n) is 6.25. The van der Waals surface area contributed by atoms with Gasteiger partial charge in [-0.25, -0.2) is 13.1 Å². The molecule has 0 bridgehead atoms. The zero-order chi connectivity index (χ0) is 15.0. The molecule has 8 heteroatoms. The zero-order valence-corrected chi connectivity index (χ0v) is 13.8. The normalized spacial score (nSPS) is 27.2. The molecule has 6 nitrogen and oxygen atoms in total. The number of sulfone groups is 1. The molecular formula is C13H21N3O3S2. The maximum absolute atomic E-state index is 11.5. The molecular weight excluding hydrogens is 310 g/mol. The van der Waals surface area contributed by atoms with Gasteiger partial charge in [0.25, 0.3) is 4.84 Å². The number of nitrogens with zero attached hydrogens (tertiary/aromatic N) is 3. The van der Waals surface area contributed by atoms with Crippen LogP contribution in [0.2, 0.25) is 0 Å². The van der Waals surface area contributed by atoms with Crippen LogP contribution < -0.4 is 0 Å². The largest absolute Gasteiger partial charge is 0.414 e. The van der Waals surface area contributed by atoms with Gasteiger partial charge in [0.05, 0.1) is 24.1 Å². The average molecular weight is 331 g/mol. The molecule has 3 heterocycles. The van der Waals surface area contributed by atoms with E-state index >= 15 is 0 Å². The molecule has 0 aromatic carbocycles. The van der Waals surface area contributed by atoms with Crippen molar-refractivity contribution in [1.82, 2.24) is 14.7 Å². The van der Waals surface area contributed by atoms with E-state index in [0.29, 0.717) is 23.8 Å². The van der Waals surface area contributed by atoms with Gasteiger partial charge in [0.2, 0.25) is 5.89 Å². The topological polar surface area (TPSA) is 68.3 Å². The Labute approximate surface area is 130 Å². The van der Waals surface area contributed by atoms with Gasteiger partial charge in [0.1, 0.15) is 0 Å². The zero-order valence-electron chi connectivity index (χ0n) is 12.2. The first-order valence-corrected chi connectivity index (χ1v) is 9.66. The summed E-state index contributed by atoms with van der Waals surface area (Å²) in [4.78, 5) is 2.65. The van der Waals surface area contributed by atoms with Gasteiger partial charge in [-0.15, -0.1) is 5.10 Å². The molecule has 0 saturated carbocycles. The Morgan fingerprint density at radius 3 is 2.67 bits per heavy atom. The van der Waals surface area contributed by atoms with Crippen molar-refractivity contribution < 1.29 is 12.8 Å². The summed E-state index contributed by atoms with van der Waals surface area (Å²) in [6, 6.07) is 0. The Kier molecular flexibility index (Phi) is 4.20. The molecule has 0 spiro atoms. The van der Waals surface area contributed by atoms with Crippen molar-refractivity contribution in [3.8, 4) is 0 Å². The standard InChI is InChI=1S/C13H21N3O3S2/c1-10-2-5-15(6-3-10)9-16-13(20)19-12(14-16)11-4-7-21(17,18)8-11/h10-11H,2-9H2,1H3/t11-/m0/s1. The Balaban J connectivity index is 1.69. The summed E-state index contributed by atoms with van der Waals surface area (Å²) in [6.45, 7) is 5.00. The van der Waals surface area contributed by atoms with Crippen LogP contribution in [0, 0.1) is 10.8 Å². The van der Waals surface area contributed by atoms with Crippen LogP contribution in [0.3, 0.4) is 0 Å². The molecule has 2 aliphatic rings. The number of aromatic nitrogens is 2. The smallest absolute Gasteiger partial charge is 0.288 e. The second kappa shape index (κ2) is 5.81. The minimum Gasteiger partial charge on any atom is -0.414 e. The molecule has 0 radical (unpaired) electrons. The average Bonchev–Trinajstić information content (AvgIpc) is 2.96. The Morgan fingerprint density at radius 1 is 1.33 bits per heavy atom. The van der Waals surface area contributed by atoms with Crippen molar-refractivity contribution in [1.29, 1.82) is 0 Å². The minimum atomic E-state index is -2.93. The first-order valence-electron chi connectivity index (χ1n) is 7.43. The quantitative estimate of drug-likeness (QED) is 0.787. The van der Waals surface area contributed by atoms with Crippen LogP contribution in [0.25, 0.3) is 0 Å². The maximum Gasteiger partial charge on any atom is 0.288 e. The molecule has 1 aromatic rings. The van der Waals surface area contributed by atoms with E-state index in [9.17, 15) is 8.42 Å². The lowest BCUT2D eigenvalue weighted by Crippen LogP contribution is -2.34. The number of likely N-dealkylation sites (tertiary alicyclic amines) is 1. The molecule has 0 amide bonds. The molecule has 118 valence electrons. The number of piperidine rings is 1. The van der Waals surface area contributed by atoms with E-state index in [0.717, 1.165) is 19.0 Å². The van der Waals surface area contributed by atoms with Crippen LogP contribution in [-0.2, 0) is 16.5 Å². The number of hydrogen-bond acceptors (Lipinski definition) is 6. The third-order valence-corrected chi connectivity index (χ3v) is 6.48. The van der Waals surface area contributed by atoms with Crippen LogP contribution in [0.4, 0.5) is 0 Å². The van der Waals surface area contributed by atoms with Gasteiger partial charge in [0.15, 0.2) is 9.84 Å². The molecule has 2 aliphatic heterocycles. The van der Waals surface area contributed by atoms with Gasteiger partial charge in [-0.1, -0.05) is 6.92 Å². The van der Waals surface area contributed by atoms with Crippen LogP contribution in [0.1, 0.15) is 38.0 Å². The van der Waals surface area contributed by atoms with Gasteiger partial charge in [-0.05, 0) is 37.4 Å². The highest BCUT2D eigenvalue weighted by molar-refractivity contribution is 7.91. The summed E-state index contributed by atoms with van der Waals surface area (Å²) in [5, 5.41) is 4.41. The number of rotatable bonds is 3. The van der Waals surface area contributed by atoms with Crippen molar-refractivity contribution in [3.63, 3.8) is 0 Å². The van der Waals surface area contributed by atoms with Gasteiger partial charge in [-0.2, -0.15) is 0 Å². The Morgan fingerprint density at radius 2 is 2.05 bits per heavy atom. The van der Waals surface area contributed by atoms with E-state index in [1.807, 2.05) is 0 Å². The van der Waals surface area contributed by atoms with Crippen LogP contribution in [0.5, 0.6) is 0 Å². The third-order valence-electron chi connectivity index (χ3n) is 4.41. The van der Waals surface area contributed by atoms with E-state index in [1.54, 1.807) is 4.68 Å². The lowest BCUT2D eigenvalue weighted by atomic mass is 10.00. The van der Waals surface area contributed by atoms with Crippen LogP contribution >= 0.6 is 12.2 Å². The molecule has 0 unspecified atom stereocenters. The van der Waals surface area contributed by atoms with E-state index in [-0.39, 0.29) is 17.4 Å². The van der Waals surface area contributed by atoms with E-state index in [2.05, 4.69) is 16.9 Å². The Bertz CT molecular complexity index is 656. The highest BCUT2D eigenvalue weighted by Crippen LogP contribution is 2.28. The first-order chi connectivity index (χ1) is 9.93. The minimum absolute atomic E-state index is 0.128. The second-order valence-corrected chi connectivity index (χ2v) is 8.83. The van der Waals surface area contributed by atoms with Crippen LogP contribution in [0.15, 0.2) is 4.42 Å². The SMILES string of the molecule is CC1CCN(Cn2nc([C@H]3CCS(=O)(=O)C3)oc2=S)CC1. The summed E-state index contributed by atoms with van der Waals surface area (Å²) in [5.41, 5.74) is 0. The molecule has 2 fully saturated rings. The fourth-order valence-corrected chi connectivity index (χ4v) is 4.88. The number of hydrogen-bond donors (Lipinski definition) is 0. The molecule has 1 atom stereocenters. The van der Waals surface area contributed by atoms with E-state index in [4.69, 9.17) is 16.6 Å². The van der Waals surface area contributed by atoms with E-state index in [1.165, 1.54) is 12.8 Å². The van der Waals surface area contributed by atoms with Crippen molar-refractivity contribution in [3.05, 3.63) is 10.7 Å². The Hall–Kier alpha value is -0.730.